The normalized spacial score (nSPS) is 19.5. The molecule has 1 saturated carbocycles. The summed E-state index contributed by atoms with van der Waals surface area (Å²) in [5.41, 5.74) is 0.325. The molecule has 16 heavy (non-hydrogen) atoms. The molecule has 0 bridgehead atoms. The number of hydrogen-bond donors (Lipinski definition) is 0. The average Bonchev–Trinajstić information content (AvgIpc) is 2.85. The Morgan fingerprint density at radius 1 is 1.38 bits per heavy atom. The molecule has 3 heteroatoms. The van der Waals surface area contributed by atoms with Gasteiger partial charge in [0.05, 0.1) is 0 Å². The molecule has 90 valence electrons. The van der Waals surface area contributed by atoms with Crippen LogP contribution >= 0.6 is 0 Å². The smallest absolute Gasteiger partial charge is 0.139 e. The molecular formula is C13H23N3. The van der Waals surface area contributed by atoms with E-state index in [1.54, 1.807) is 0 Å². The van der Waals surface area contributed by atoms with Crippen LogP contribution in [0.1, 0.15) is 58.7 Å². The maximum atomic E-state index is 4.41. The second-order valence-electron chi connectivity index (χ2n) is 5.54. The molecule has 0 aromatic carbocycles. The van der Waals surface area contributed by atoms with E-state index in [0.29, 0.717) is 11.3 Å². The van der Waals surface area contributed by atoms with Crippen LogP contribution < -0.4 is 0 Å². The standard InChI is InChI=1S/C13H23N3/c1-4-13(7-5-6-8-13)12-15-14-10-16(12)9-11(2)3/h10-11H,4-9H2,1-3H3. The van der Waals surface area contributed by atoms with Crippen molar-refractivity contribution in [1.29, 1.82) is 0 Å². The van der Waals surface area contributed by atoms with Crippen LogP contribution in [0, 0.1) is 5.92 Å². The minimum atomic E-state index is 0.325. The first-order valence-electron chi connectivity index (χ1n) is 6.56. The van der Waals surface area contributed by atoms with Crippen LogP contribution in [0.3, 0.4) is 0 Å². The summed E-state index contributed by atoms with van der Waals surface area (Å²) >= 11 is 0. The van der Waals surface area contributed by atoms with Gasteiger partial charge < -0.3 is 4.57 Å². The number of rotatable bonds is 4. The lowest BCUT2D eigenvalue weighted by Gasteiger charge is -2.27. The highest BCUT2D eigenvalue weighted by Gasteiger charge is 2.37. The van der Waals surface area contributed by atoms with E-state index in [0.717, 1.165) is 6.54 Å². The molecule has 1 aromatic rings. The molecular weight excluding hydrogens is 198 g/mol. The van der Waals surface area contributed by atoms with Gasteiger partial charge in [-0.15, -0.1) is 10.2 Å². The van der Waals surface area contributed by atoms with Crippen molar-refractivity contribution < 1.29 is 0 Å². The second kappa shape index (κ2) is 4.56. The van der Waals surface area contributed by atoms with E-state index < -0.39 is 0 Å². The third kappa shape index (κ3) is 2.00. The number of nitrogens with zero attached hydrogens (tertiary/aromatic N) is 3. The predicted octanol–water partition coefficient (Wildman–Crippen LogP) is 3.16. The van der Waals surface area contributed by atoms with Gasteiger partial charge in [-0.25, -0.2) is 0 Å². The zero-order valence-electron chi connectivity index (χ0n) is 10.7. The van der Waals surface area contributed by atoms with Gasteiger partial charge in [-0.05, 0) is 25.2 Å². The predicted molar refractivity (Wildman–Crippen MR) is 65.3 cm³/mol. The molecule has 0 radical (unpaired) electrons. The first-order chi connectivity index (χ1) is 7.68. The molecule has 1 aromatic heterocycles. The average molecular weight is 221 g/mol. The third-order valence-corrected chi connectivity index (χ3v) is 3.89. The van der Waals surface area contributed by atoms with Crippen molar-refractivity contribution in [2.24, 2.45) is 5.92 Å². The van der Waals surface area contributed by atoms with E-state index in [2.05, 4.69) is 35.5 Å². The molecule has 0 unspecified atom stereocenters. The van der Waals surface area contributed by atoms with E-state index in [9.17, 15) is 0 Å². The van der Waals surface area contributed by atoms with Crippen molar-refractivity contribution >= 4 is 0 Å². The Kier molecular flexibility index (Phi) is 3.31. The zero-order valence-corrected chi connectivity index (χ0v) is 10.7. The van der Waals surface area contributed by atoms with E-state index >= 15 is 0 Å². The van der Waals surface area contributed by atoms with Gasteiger partial charge in [-0.3, -0.25) is 0 Å². The zero-order chi connectivity index (χ0) is 11.6. The molecule has 3 nitrogen and oxygen atoms in total. The van der Waals surface area contributed by atoms with Crippen molar-refractivity contribution in [3.8, 4) is 0 Å². The fourth-order valence-corrected chi connectivity index (χ4v) is 2.98. The molecule has 1 fully saturated rings. The summed E-state index contributed by atoms with van der Waals surface area (Å²) < 4.78 is 2.28. The van der Waals surface area contributed by atoms with Crippen molar-refractivity contribution in [3.05, 3.63) is 12.2 Å². The van der Waals surface area contributed by atoms with Gasteiger partial charge in [0, 0.05) is 12.0 Å². The molecule has 1 aliphatic carbocycles. The van der Waals surface area contributed by atoms with Crippen molar-refractivity contribution in [2.75, 3.05) is 0 Å². The number of hydrogen-bond acceptors (Lipinski definition) is 2. The molecule has 0 spiro atoms. The lowest BCUT2D eigenvalue weighted by Crippen LogP contribution is -2.26. The Hall–Kier alpha value is -0.860. The van der Waals surface area contributed by atoms with Crippen LogP contribution in [-0.4, -0.2) is 14.8 Å². The van der Waals surface area contributed by atoms with Gasteiger partial charge in [0.15, 0.2) is 0 Å². The first kappa shape index (κ1) is 11.6. The highest BCUT2D eigenvalue weighted by Crippen LogP contribution is 2.42. The van der Waals surface area contributed by atoms with Gasteiger partial charge in [-0.2, -0.15) is 0 Å². The molecule has 0 atom stereocenters. The van der Waals surface area contributed by atoms with Crippen LogP contribution in [0.2, 0.25) is 0 Å². The quantitative estimate of drug-likeness (QED) is 0.782. The summed E-state index contributed by atoms with van der Waals surface area (Å²) in [6, 6.07) is 0. The highest BCUT2D eigenvalue weighted by molar-refractivity contribution is 5.10. The lowest BCUT2D eigenvalue weighted by atomic mass is 9.82. The fraction of sp³-hybridized carbons (Fsp3) is 0.846. The van der Waals surface area contributed by atoms with Crippen LogP contribution in [0.25, 0.3) is 0 Å². The summed E-state index contributed by atoms with van der Waals surface area (Å²) in [4.78, 5) is 0. The summed E-state index contributed by atoms with van der Waals surface area (Å²) in [6.07, 6.45) is 8.39. The Bertz CT molecular complexity index is 335. The van der Waals surface area contributed by atoms with Gasteiger partial charge in [0.2, 0.25) is 0 Å². The molecule has 2 rings (SSSR count). The molecule has 0 aliphatic heterocycles. The second-order valence-corrected chi connectivity index (χ2v) is 5.54. The molecule has 1 heterocycles. The lowest BCUT2D eigenvalue weighted by molar-refractivity contribution is 0.365. The number of aromatic nitrogens is 3. The van der Waals surface area contributed by atoms with Gasteiger partial charge in [-0.1, -0.05) is 33.6 Å². The van der Waals surface area contributed by atoms with Gasteiger partial charge in [0.25, 0.3) is 0 Å². The SMILES string of the molecule is CCC1(c2nncn2CC(C)C)CCCC1. The van der Waals surface area contributed by atoms with Crippen LogP contribution in [0.4, 0.5) is 0 Å². The Morgan fingerprint density at radius 3 is 2.62 bits per heavy atom. The summed E-state index contributed by atoms with van der Waals surface area (Å²) in [6.45, 7) is 7.83. The Balaban J connectivity index is 2.27. The third-order valence-electron chi connectivity index (χ3n) is 3.89. The first-order valence-corrected chi connectivity index (χ1v) is 6.56. The largest absolute Gasteiger partial charge is 0.317 e. The molecule has 0 N–H and O–H groups in total. The van der Waals surface area contributed by atoms with E-state index in [4.69, 9.17) is 0 Å². The van der Waals surface area contributed by atoms with E-state index in [1.165, 1.54) is 37.9 Å². The van der Waals surface area contributed by atoms with Crippen LogP contribution in [0.5, 0.6) is 0 Å². The molecule has 1 aliphatic rings. The monoisotopic (exact) mass is 221 g/mol. The Morgan fingerprint density at radius 2 is 2.06 bits per heavy atom. The highest BCUT2D eigenvalue weighted by atomic mass is 15.3. The van der Waals surface area contributed by atoms with E-state index in [-0.39, 0.29) is 0 Å². The van der Waals surface area contributed by atoms with Crippen molar-refractivity contribution in [3.63, 3.8) is 0 Å². The minimum Gasteiger partial charge on any atom is -0.317 e. The van der Waals surface area contributed by atoms with Crippen molar-refractivity contribution in [2.45, 2.75) is 64.8 Å². The fourth-order valence-electron chi connectivity index (χ4n) is 2.98. The maximum absolute atomic E-state index is 4.41. The van der Waals surface area contributed by atoms with Crippen molar-refractivity contribution in [1.82, 2.24) is 14.8 Å². The minimum absolute atomic E-state index is 0.325. The summed E-state index contributed by atoms with van der Waals surface area (Å²) in [5.74, 6) is 1.89. The summed E-state index contributed by atoms with van der Waals surface area (Å²) in [7, 11) is 0. The van der Waals surface area contributed by atoms with Gasteiger partial charge in [0.1, 0.15) is 12.2 Å². The topological polar surface area (TPSA) is 30.7 Å². The van der Waals surface area contributed by atoms with E-state index in [1.807, 2.05) is 6.33 Å². The molecule has 0 amide bonds. The van der Waals surface area contributed by atoms with Gasteiger partial charge >= 0.3 is 0 Å². The van der Waals surface area contributed by atoms with Crippen LogP contribution in [-0.2, 0) is 12.0 Å². The Labute approximate surface area is 98.3 Å². The molecule has 0 saturated heterocycles. The van der Waals surface area contributed by atoms with Crippen LogP contribution in [0.15, 0.2) is 6.33 Å². The summed E-state index contributed by atoms with van der Waals surface area (Å²) in [5, 5.41) is 8.53. The maximum Gasteiger partial charge on any atom is 0.139 e.